The zero-order valence-electron chi connectivity index (χ0n) is 13.8. The molecule has 3 rings (SSSR count). The molecular formula is C18H20ClN3O3. The van der Waals surface area contributed by atoms with Crippen LogP contribution in [0.4, 0.5) is 5.69 Å². The van der Waals surface area contributed by atoms with Gasteiger partial charge < -0.3 is 10.1 Å². The average Bonchev–Trinajstić information content (AvgIpc) is 2.63. The molecule has 2 N–H and O–H groups in total. The number of anilines is 1. The van der Waals surface area contributed by atoms with Gasteiger partial charge >= 0.3 is 0 Å². The van der Waals surface area contributed by atoms with Gasteiger partial charge in [0.05, 0.1) is 12.3 Å². The summed E-state index contributed by atoms with van der Waals surface area (Å²) in [5.74, 6) is 0.116. The molecule has 1 heterocycles. The Balaban J connectivity index is 1.83. The molecule has 0 bridgehead atoms. The Kier molecular flexibility index (Phi) is 5.83. The molecule has 1 aromatic carbocycles. The van der Waals surface area contributed by atoms with Crippen LogP contribution in [0.15, 0.2) is 29.1 Å². The van der Waals surface area contributed by atoms with Gasteiger partial charge in [0, 0.05) is 22.7 Å². The zero-order valence-corrected chi connectivity index (χ0v) is 14.6. The lowest BCUT2D eigenvalue weighted by atomic mass is 9.90. The topological polar surface area (TPSA) is 84.1 Å². The van der Waals surface area contributed by atoms with Crippen LogP contribution < -0.4 is 10.9 Å². The number of H-pyrrole nitrogens is 1. The number of rotatable bonds is 6. The van der Waals surface area contributed by atoms with Crippen LogP contribution in [0.1, 0.15) is 24.0 Å². The van der Waals surface area contributed by atoms with E-state index in [1.165, 1.54) is 0 Å². The molecule has 2 aromatic rings. The minimum absolute atomic E-state index is 0.0384. The van der Waals surface area contributed by atoms with Gasteiger partial charge in [-0.25, -0.2) is 5.10 Å². The second-order valence-corrected chi connectivity index (χ2v) is 6.31. The third-order valence-corrected chi connectivity index (χ3v) is 4.33. The van der Waals surface area contributed by atoms with Crippen molar-refractivity contribution in [1.29, 1.82) is 0 Å². The second-order valence-electron chi connectivity index (χ2n) is 5.94. The van der Waals surface area contributed by atoms with E-state index in [0.29, 0.717) is 18.2 Å². The lowest BCUT2D eigenvalue weighted by Gasteiger charge is -2.17. The zero-order chi connectivity index (χ0) is 17.6. The van der Waals surface area contributed by atoms with Gasteiger partial charge in [0.1, 0.15) is 6.61 Å². The van der Waals surface area contributed by atoms with Crippen LogP contribution in [-0.2, 0) is 22.4 Å². The minimum atomic E-state index is -0.237. The summed E-state index contributed by atoms with van der Waals surface area (Å²) in [6, 6.07) is 7.44. The van der Waals surface area contributed by atoms with Crippen LogP contribution in [0.25, 0.3) is 11.3 Å². The van der Waals surface area contributed by atoms with E-state index >= 15 is 0 Å². The van der Waals surface area contributed by atoms with Crippen molar-refractivity contribution in [2.24, 2.45) is 0 Å². The number of nitrogens with one attached hydrogen (secondary N) is 2. The van der Waals surface area contributed by atoms with Gasteiger partial charge in [-0.1, -0.05) is 12.1 Å². The molecule has 1 aromatic heterocycles. The van der Waals surface area contributed by atoms with E-state index in [1.54, 1.807) is 6.07 Å². The highest BCUT2D eigenvalue weighted by atomic mass is 35.5. The Morgan fingerprint density at radius 1 is 1.28 bits per heavy atom. The van der Waals surface area contributed by atoms with Crippen molar-refractivity contribution in [3.63, 3.8) is 0 Å². The summed E-state index contributed by atoms with van der Waals surface area (Å²) in [4.78, 5) is 23.9. The van der Waals surface area contributed by atoms with E-state index in [0.717, 1.165) is 48.1 Å². The Bertz CT molecular complexity index is 819. The second kappa shape index (κ2) is 8.27. The number of carbonyl (C=O) groups is 1. The van der Waals surface area contributed by atoms with E-state index in [2.05, 4.69) is 15.5 Å². The first-order valence-electron chi connectivity index (χ1n) is 8.33. The molecular weight excluding hydrogens is 342 g/mol. The summed E-state index contributed by atoms with van der Waals surface area (Å²) < 4.78 is 5.12. The molecule has 0 saturated carbocycles. The van der Waals surface area contributed by atoms with E-state index in [1.807, 2.05) is 18.2 Å². The molecule has 25 heavy (non-hydrogen) atoms. The molecule has 1 amide bonds. The largest absolute Gasteiger partial charge is 0.370 e. The lowest BCUT2D eigenvalue weighted by molar-refractivity contribution is -0.120. The Hall–Kier alpha value is -2.18. The minimum Gasteiger partial charge on any atom is -0.370 e. The fourth-order valence-corrected chi connectivity index (χ4v) is 3.17. The van der Waals surface area contributed by atoms with Gasteiger partial charge in [0.15, 0.2) is 0 Å². The fraction of sp³-hybridized carbons (Fsp3) is 0.389. The van der Waals surface area contributed by atoms with Crippen LogP contribution in [0.3, 0.4) is 0 Å². The number of amides is 1. The molecule has 7 heteroatoms. The molecule has 132 valence electrons. The maximum Gasteiger partial charge on any atom is 0.267 e. The van der Waals surface area contributed by atoms with Crippen molar-refractivity contribution < 1.29 is 9.53 Å². The van der Waals surface area contributed by atoms with Gasteiger partial charge in [0.2, 0.25) is 5.91 Å². The summed E-state index contributed by atoms with van der Waals surface area (Å²) in [6.07, 6.45) is 3.72. The number of hydrogen-bond acceptors (Lipinski definition) is 4. The summed E-state index contributed by atoms with van der Waals surface area (Å²) >= 11 is 5.51. The van der Waals surface area contributed by atoms with Crippen molar-refractivity contribution in [3.05, 3.63) is 45.7 Å². The monoisotopic (exact) mass is 361 g/mol. The van der Waals surface area contributed by atoms with Gasteiger partial charge in [0.25, 0.3) is 5.56 Å². The first-order chi connectivity index (χ1) is 12.2. The third-order valence-electron chi connectivity index (χ3n) is 4.17. The Labute approximate surface area is 150 Å². The van der Waals surface area contributed by atoms with Crippen LogP contribution in [0.5, 0.6) is 0 Å². The predicted octanol–water partition coefficient (Wildman–Crippen LogP) is 2.51. The molecule has 0 atom stereocenters. The maximum absolute atomic E-state index is 12.0. The number of nitrogens with zero attached hydrogens (tertiary/aromatic N) is 1. The summed E-state index contributed by atoms with van der Waals surface area (Å²) in [7, 11) is 0. The molecule has 0 saturated heterocycles. The summed E-state index contributed by atoms with van der Waals surface area (Å²) in [5.41, 5.74) is 4.07. The number of hydrogen-bond donors (Lipinski definition) is 2. The molecule has 0 radical (unpaired) electrons. The molecule has 6 nitrogen and oxygen atoms in total. The summed E-state index contributed by atoms with van der Waals surface area (Å²) in [6.45, 7) is 0.297. The van der Waals surface area contributed by atoms with Crippen LogP contribution in [-0.4, -0.2) is 35.2 Å². The van der Waals surface area contributed by atoms with Crippen molar-refractivity contribution in [3.8, 4) is 11.3 Å². The number of ether oxygens (including phenoxy) is 1. The van der Waals surface area contributed by atoms with Crippen LogP contribution >= 0.6 is 11.6 Å². The van der Waals surface area contributed by atoms with E-state index in [-0.39, 0.29) is 18.1 Å². The third kappa shape index (κ3) is 4.27. The molecule has 0 unspecified atom stereocenters. The number of benzene rings is 1. The van der Waals surface area contributed by atoms with Crippen molar-refractivity contribution in [2.45, 2.75) is 25.7 Å². The number of carbonyl (C=O) groups excluding carboxylic acids is 1. The van der Waals surface area contributed by atoms with E-state index < -0.39 is 0 Å². The standard InChI is InChI=1S/C18H20ClN3O3/c19-8-9-25-11-16(23)20-13-5-3-4-12(10-13)17-14-6-1-2-7-15(14)18(24)22-21-17/h3-5,10H,1-2,6-9,11H2,(H,20,23)(H,22,24). The predicted molar refractivity (Wildman–Crippen MR) is 97.1 cm³/mol. The molecule has 0 aliphatic heterocycles. The molecule has 0 fully saturated rings. The van der Waals surface area contributed by atoms with Crippen LogP contribution in [0.2, 0.25) is 0 Å². The molecule has 1 aliphatic carbocycles. The Morgan fingerprint density at radius 3 is 2.88 bits per heavy atom. The summed E-state index contributed by atoms with van der Waals surface area (Å²) in [5, 5.41) is 9.64. The number of fused-ring (bicyclic) bond motifs is 1. The van der Waals surface area contributed by atoms with E-state index in [9.17, 15) is 9.59 Å². The fourth-order valence-electron chi connectivity index (χ4n) is 3.06. The highest BCUT2D eigenvalue weighted by Gasteiger charge is 2.19. The number of alkyl halides is 1. The van der Waals surface area contributed by atoms with Gasteiger partial charge in [-0.05, 0) is 43.4 Å². The number of halogens is 1. The van der Waals surface area contributed by atoms with E-state index in [4.69, 9.17) is 16.3 Å². The van der Waals surface area contributed by atoms with Gasteiger partial charge in [-0.3, -0.25) is 9.59 Å². The average molecular weight is 362 g/mol. The first kappa shape index (κ1) is 17.6. The lowest BCUT2D eigenvalue weighted by Crippen LogP contribution is -2.21. The van der Waals surface area contributed by atoms with Gasteiger partial charge in [-0.2, -0.15) is 5.10 Å². The number of aromatic amines is 1. The quantitative estimate of drug-likeness (QED) is 0.611. The first-order valence-corrected chi connectivity index (χ1v) is 8.87. The number of aromatic nitrogens is 2. The van der Waals surface area contributed by atoms with Crippen molar-refractivity contribution >= 4 is 23.2 Å². The Morgan fingerprint density at radius 2 is 2.08 bits per heavy atom. The van der Waals surface area contributed by atoms with Crippen molar-refractivity contribution in [2.75, 3.05) is 24.4 Å². The van der Waals surface area contributed by atoms with Crippen molar-refractivity contribution in [1.82, 2.24) is 10.2 Å². The maximum atomic E-state index is 12.0. The smallest absolute Gasteiger partial charge is 0.267 e. The highest BCUT2D eigenvalue weighted by Crippen LogP contribution is 2.28. The molecule has 1 aliphatic rings. The normalized spacial score (nSPS) is 13.3. The van der Waals surface area contributed by atoms with Gasteiger partial charge in [-0.15, -0.1) is 11.6 Å². The molecule has 0 spiro atoms. The van der Waals surface area contributed by atoms with Crippen LogP contribution in [0, 0.1) is 0 Å². The SMILES string of the molecule is O=C(COCCCl)Nc1cccc(-c2n[nH]c(=O)c3c2CCCC3)c1. The highest BCUT2D eigenvalue weighted by molar-refractivity contribution is 6.18.